The molecule has 0 bridgehead atoms. The Labute approximate surface area is 202 Å². The molecule has 0 spiro atoms. The topological polar surface area (TPSA) is 29.5 Å². The largest absolute Gasteiger partial charge is 0.407 e. The maximum Gasteiger partial charge on any atom is 0.309 e. The van der Waals surface area contributed by atoms with Crippen LogP contribution in [0.4, 0.5) is 0 Å². The fourth-order valence-electron chi connectivity index (χ4n) is 4.58. The smallest absolute Gasteiger partial charge is 0.309 e. The highest BCUT2D eigenvalue weighted by Crippen LogP contribution is 2.45. The van der Waals surface area contributed by atoms with Gasteiger partial charge in [-0.2, -0.15) is 0 Å². The van der Waals surface area contributed by atoms with Crippen LogP contribution in [-0.2, 0) is 0 Å². The summed E-state index contributed by atoms with van der Waals surface area (Å²) in [6.07, 6.45) is 0. The molecule has 0 saturated carbocycles. The second-order valence-electron chi connectivity index (χ2n) is 9.14. The van der Waals surface area contributed by atoms with Crippen molar-refractivity contribution in [1.29, 1.82) is 0 Å². The van der Waals surface area contributed by atoms with Gasteiger partial charge in [0.2, 0.25) is 0 Å². The van der Waals surface area contributed by atoms with Crippen LogP contribution in [0.3, 0.4) is 0 Å². The molecule has 34 heavy (non-hydrogen) atoms. The molecule has 0 aliphatic heterocycles. The van der Waals surface area contributed by atoms with Gasteiger partial charge in [0.25, 0.3) is 0 Å². The molecular formula is C30H30NO2P. The van der Waals surface area contributed by atoms with Crippen LogP contribution in [0, 0.1) is 27.7 Å². The van der Waals surface area contributed by atoms with E-state index in [2.05, 4.69) is 100 Å². The Morgan fingerprint density at radius 2 is 0.971 bits per heavy atom. The van der Waals surface area contributed by atoms with Crippen molar-refractivity contribution < 1.29 is 8.39 Å². The molecule has 0 aliphatic rings. The van der Waals surface area contributed by atoms with Gasteiger partial charge in [-0.3, -0.25) is 0 Å². The number of nitrogens with zero attached hydrogens (tertiary/aromatic N) is 1. The molecule has 0 N–H and O–H groups in total. The molecule has 4 heteroatoms. The van der Waals surface area contributed by atoms with Crippen LogP contribution >= 0.6 is 8.16 Å². The average Bonchev–Trinajstić information content (AvgIpc) is 3.03. The van der Waals surface area contributed by atoms with Crippen LogP contribution in [0.25, 0.3) is 44.2 Å². The van der Waals surface area contributed by atoms with Crippen LogP contribution < -0.4 is 4.67 Å². The standard InChI is InChI=1S/C30H30NO2P/c1-19-17-25(23-13-9-7-10-14-23)29-27(21(19)3)28-22(4)20(2)18-26(24-15-11-8-12-16-24)30(28)33-34(32-29)31(5)6/h7-18H,1-6H3. The summed E-state index contributed by atoms with van der Waals surface area (Å²) in [5, 5.41) is 2.28. The van der Waals surface area contributed by atoms with Crippen LogP contribution in [0.15, 0.2) is 81.2 Å². The van der Waals surface area contributed by atoms with Crippen molar-refractivity contribution in [2.24, 2.45) is 0 Å². The first kappa shape index (κ1) is 22.5. The van der Waals surface area contributed by atoms with E-state index in [1.54, 1.807) is 0 Å². The van der Waals surface area contributed by atoms with E-state index in [1.165, 1.54) is 22.3 Å². The van der Waals surface area contributed by atoms with Crippen molar-refractivity contribution in [2.75, 3.05) is 18.8 Å². The zero-order valence-electron chi connectivity index (χ0n) is 20.6. The van der Waals surface area contributed by atoms with Crippen LogP contribution in [0.2, 0.25) is 0 Å². The van der Waals surface area contributed by atoms with E-state index in [0.29, 0.717) is 0 Å². The monoisotopic (exact) mass is 467 g/mol. The van der Waals surface area contributed by atoms with E-state index in [4.69, 9.17) is 8.39 Å². The zero-order valence-corrected chi connectivity index (χ0v) is 21.5. The first-order valence-electron chi connectivity index (χ1n) is 11.6. The molecule has 0 aliphatic carbocycles. The number of fused-ring (bicyclic) bond motifs is 3. The van der Waals surface area contributed by atoms with Crippen LogP contribution in [-0.4, -0.2) is 14.1 Å². The Morgan fingerprint density at radius 1 is 0.588 bits per heavy atom. The Bertz CT molecular complexity index is 1440. The van der Waals surface area contributed by atoms with E-state index in [9.17, 15) is 0 Å². The summed E-state index contributed by atoms with van der Waals surface area (Å²) in [5.41, 5.74) is 11.2. The third-order valence-corrected chi connectivity index (χ3v) is 8.01. The quantitative estimate of drug-likeness (QED) is 0.265. The van der Waals surface area contributed by atoms with E-state index >= 15 is 0 Å². The number of hydrogen-bond donors (Lipinski definition) is 0. The number of hydrogen-bond acceptors (Lipinski definition) is 3. The van der Waals surface area contributed by atoms with Gasteiger partial charge in [-0.15, -0.1) is 0 Å². The lowest BCUT2D eigenvalue weighted by molar-refractivity contribution is 0.635. The van der Waals surface area contributed by atoms with E-state index in [0.717, 1.165) is 44.2 Å². The average molecular weight is 468 g/mol. The Morgan fingerprint density at radius 3 is 1.32 bits per heavy atom. The Hall–Kier alpha value is -3.26. The highest BCUT2D eigenvalue weighted by Gasteiger charge is 2.20. The predicted molar refractivity (Wildman–Crippen MR) is 146 cm³/mol. The van der Waals surface area contributed by atoms with Gasteiger partial charge in [-0.25, -0.2) is 4.67 Å². The summed E-state index contributed by atoms with van der Waals surface area (Å²) in [4.78, 5) is 0. The summed E-state index contributed by atoms with van der Waals surface area (Å²) < 4.78 is 15.6. The third kappa shape index (κ3) is 3.76. The van der Waals surface area contributed by atoms with Crippen LogP contribution in [0.5, 0.6) is 0 Å². The van der Waals surface area contributed by atoms with Crippen molar-refractivity contribution in [3.8, 4) is 22.3 Å². The summed E-state index contributed by atoms with van der Waals surface area (Å²) in [5.74, 6) is 0. The van der Waals surface area contributed by atoms with Crippen LogP contribution in [0.1, 0.15) is 22.3 Å². The fraction of sp³-hybridized carbons (Fsp3) is 0.200. The minimum absolute atomic E-state index is 0.903. The maximum absolute atomic E-state index is 6.78. The molecule has 0 fully saturated rings. The summed E-state index contributed by atoms with van der Waals surface area (Å²) >= 11 is 0. The Kier molecular flexibility index (Phi) is 5.85. The molecule has 0 atom stereocenters. The lowest BCUT2D eigenvalue weighted by Gasteiger charge is -2.14. The molecule has 0 unspecified atom stereocenters. The number of rotatable bonds is 3. The number of aryl methyl sites for hydroxylation is 4. The van der Waals surface area contributed by atoms with Gasteiger partial charge in [0.15, 0.2) is 11.2 Å². The van der Waals surface area contributed by atoms with Crippen molar-refractivity contribution in [1.82, 2.24) is 0 Å². The van der Waals surface area contributed by atoms with E-state index in [1.807, 2.05) is 18.8 Å². The SMILES string of the molecule is Cc1cc(-c2ccccc2)c2op(N(C)C)oc3c(-c4ccccc4)cc(C)c(C)c3c2c1C. The molecule has 4 aromatic carbocycles. The van der Waals surface area contributed by atoms with Gasteiger partial charge in [-0.05, 0) is 73.2 Å². The van der Waals surface area contributed by atoms with Crippen molar-refractivity contribution in [3.05, 3.63) is 95.1 Å². The van der Waals surface area contributed by atoms with Gasteiger partial charge < -0.3 is 8.39 Å². The summed E-state index contributed by atoms with van der Waals surface area (Å²) in [7, 11) is 2.68. The lowest BCUT2D eigenvalue weighted by atomic mass is 9.90. The molecule has 5 aromatic rings. The van der Waals surface area contributed by atoms with E-state index in [-0.39, 0.29) is 0 Å². The molecule has 0 saturated heterocycles. The van der Waals surface area contributed by atoms with Crippen molar-refractivity contribution >= 4 is 30.1 Å². The lowest BCUT2D eigenvalue weighted by Crippen LogP contribution is -2.02. The van der Waals surface area contributed by atoms with Crippen molar-refractivity contribution in [2.45, 2.75) is 27.7 Å². The van der Waals surface area contributed by atoms with Gasteiger partial charge >= 0.3 is 8.16 Å². The highest BCUT2D eigenvalue weighted by molar-refractivity contribution is 7.38. The highest BCUT2D eigenvalue weighted by atomic mass is 31.1. The van der Waals surface area contributed by atoms with Gasteiger partial charge in [0.1, 0.15) is 0 Å². The maximum atomic E-state index is 6.78. The molecule has 3 nitrogen and oxygen atoms in total. The predicted octanol–water partition coefficient (Wildman–Crippen LogP) is 9.06. The van der Waals surface area contributed by atoms with Gasteiger partial charge in [0, 0.05) is 36.0 Å². The molecule has 0 amide bonds. The first-order chi connectivity index (χ1) is 16.4. The summed E-state index contributed by atoms with van der Waals surface area (Å²) in [6.45, 7) is 8.77. The zero-order chi connectivity index (χ0) is 24.0. The molecule has 5 rings (SSSR count). The molecule has 172 valence electrons. The molecule has 1 aromatic heterocycles. The normalized spacial score (nSPS) is 11.5. The number of benzene rings is 4. The molecule has 1 heterocycles. The fourth-order valence-corrected chi connectivity index (χ4v) is 5.63. The minimum Gasteiger partial charge on any atom is -0.407 e. The van der Waals surface area contributed by atoms with Gasteiger partial charge in [-0.1, -0.05) is 60.7 Å². The third-order valence-electron chi connectivity index (χ3n) is 6.68. The first-order valence-corrected chi connectivity index (χ1v) is 12.7. The second kappa shape index (κ2) is 8.83. The second-order valence-corrected chi connectivity index (χ2v) is 10.8. The Balaban J connectivity index is 2.10. The van der Waals surface area contributed by atoms with Crippen molar-refractivity contribution in [3.63, 3.8) is 0 Å². The summed E-state index contributed by atoms with van der Waals surface area (Å²) in [6, 6.07) is 25.5. The van der Waals surface area contributed by atoms with E-state index < -0.39 is 8.16 Å². The molecule has 0 radical (unpaired) electrons. The molecular weight excluding hydrogens is 437 g/mol. The van der Waals surface area contributed by atoms with Gasteiger partial charge in [0.05, 0.1) is 0 Å². The minimum atomic E-state index is -1.35.